The van der Waals surface area contributed by atoms with Crippen LogP contribution in [0.25, 0.3) is 223 Å². The van der Waals surface area contributed by atoms with Crippen molar-refractivity contribution in [1.29, 1.82) is 0 Å². The van der Waals surface area contributed by atoms with E-state index in [1.54, 1.807) is 19.8 Å². The van der Waals surface area contributed by atoms with Gasteiger partial charge in [0.2, 0.25) is 11.9 Å². The van der Waals surface area contributed by atoms with Gasteiger partial charge in [0, 0.05) is 76.7 Å². The first-order chi connectivity index (χ1) is 69.0. The van der Waals surface area contributed by atoms with E-state index in [2.05, 4.69) is 30.3 Å². The number of aromatic nitrogens is 10. The van der Waals surface area contributed by atoms with E-state index < -0.39 is 60.4 Å². The smallest absolute Gasteiger partial charge is 0.238 e. The summed E-state index contributed by atoms with van der Waals surface area (Å²) in [4.78, 5) is 30.4. The lowest BCUT2D eigenvalue weighted by Crippen LogP contribution is -2.07. The van der Waals surface area contributed by atoms with Gasteiger partial charge in [-0.05, 0) is 127 Å². The molecule has 0 aliphatic carbocycles. The molecular formula is C114H74N10. The number of benzene rings is 18. The molecule has 0 radical (unpaired) electrons. The minimum Gasteiger partial charge on any atom is -0.307 e. The predicted octanol–water partition coefficient (Wildman–Crippen LogP) is 28.8. The molecule has 0 aliphatic rings. The molecule has 0 bridgehead atoms. The zero-order valence-corrected chi connectivity index (χ0v) is 65.8. The third-order valence-corrected chi connectivity index (χ3v) is 22.6. The van der Waals surface area contributed by atoms with Gasteiger partial charge in [0.1, 0.15) is 0 Å². The van der Waals surface area contributed by atoms with Crippen molar-refractivity contribution in [2.75, 3.05) is 0 Å². The average molecular weight is 1600 g/mol. The van der Waals surface area contributed by atoms with E-state index in [-0.39, 0.29) is 159 Å². The van der Waals surface area contributed by atoms with E-state index in [1.165, 1.54) is 16.7 Å². The minimum absolute atomic E-state index is 0.0101. The quantitative estimate of drug-likeness (QED) is 0.108. The van der Waals surface area contributed by atoms with Gasteiger partial charge in [-0.3, -0.25) is 9.13 Å². The lowest BCUT2D eigenvalue weighted by molar-refractivity contribution is 0.953. The molecule has 24 aromatic rings. The van der Waals surface area contributed by atoms with Gasteiger partial charge < -0.3 is 9.13 Å². The Labute approximate surface area is 740 Å². The topological polar surface area (TPSA) is 97.1 Å². The number of fused-ring (bicyclic) bond motifs is 14. The maximum absolute atomic E-state index is 9.80. The molecule has 6 aromatic heterocycles. The Balaban J connectivity index is 0.000000158. The first-order valence-electron chi connectivity index (χ1n) is 49.4. The van der Waals surface area contributed by atoms with E-state index in [0.29, 0.717) is 45.3 Å². The van der Waals surface area contributed by atoms with Crippen LogP contribution in [0.4, 0.5) is 0 Å². The Bertz CT molecular complexity index is 9360. The summed E-state index contributed by atoms with van der Waals surface area (Å²) >= 11 is 0. The van der Waals surface area contributed by atoms with Crippen LogP contribution in [0.2, 0.25) is 0 Å². The third kappa shape index (κ3) is 12.9. The van der Waals surface area contributed by atoms with Gasteiger partial charge in [0.25, 0.3) is 0 Å². The van der Waals surface area contributed by atoms with Crippen LogP contribution in [0.5, 0.6) is 0 Å². The largest absolute Gasteiger partial charge is 0.307 e. The highest BCUT2D eigenvalue weighted by Gasteiger charge is 2.27. The van der Waals surface area contributed by atoms with Crippen molar-refractivity contribution in [2.45, 2.75) is 0 Å². The highest BCUT2D eigenvalue weighted by atomic mass is 15.2. The van der Waals surface area contributed by atoms with E-state index in [0.717, 1.165) is 66.8 Å². The Kier molecular flexibility index (Phi) is 13.9. The summed E-state index contributed by atoms with van der Waals surface area (Å²) in [6, 6.07) is 102. The Morgan fingerprint density at radius 2 is 0.395 bits per heavy atom. The number of hydrogen-bond acceptors (Lipinski definition) is 6. The second-order valence-corrected chi connectivity index (χ2v) is 29.9. The van der Waals surface area contributed by atoms with Gasteiger partial charge in [-0.2, -0.15) is 19.9 Å². The van der Waals surface area contributed by atoms with Crippen LogP contribution in [0.1, 0.15) is 24.7 Å². The van der Waals surface area contributed by atoms with Crippen LogP contribution < -0.4 is 0 Å². The molecule has 0 saturated carbocycles. The van der Waals surface area contributed by atoms with Crippen LogP contribution in [0.15, 0.2) is 448 Å². The fourth-order valence-electron chi connectivity index (χ4n) is 16.8. The van der Waals surface area contributed by atoms with Crippen molar-refractivity contribution in [1.82, 2.24) is 48.2 Å². The standard InChI is InChI=1S/2C57H37N5/c2*1-4-16-38(17-5-1)40-30-32-42(33-31-40)56-58-55(41-20-8-3-9-21-41)59-57(60-56)62-52-29-13-11-27-48(52)50-35-34-49-47-26-10-12-28-51(47)61(53(49)54(50)62)46-25-15-24-45(37-46)44-23-14-22-43(36-44)39-18-6-2-7-19-39/h2*1-37H/i10D,11D,12D,13D,26D,27D,28D,29D,34D,35D;10D,11D,26D,27D,28D,29D,34D,35D. The van der Waals surface area contributed by atoms with Crippen molar-refractivity contribution in [3.8, 4) is 136 Å². The number of nitrogens with zero attached hydrogens (tertiary/aromatic N) is 10. The average Bonchev–Trinajstić information content (AvgIpc) is 1.50. The molecule has 24 rings (SSSR count). The maximum atomic E-state index is 9.80. The van der Waals surface area contributed by atoms with E-state index in [4.69, 9.17) is 38.1 Å². The van der Waals surface area contributed by atoms with Gasteiger partial charge >= 0.3 is 0 Å². The first-order valence-corrected chi connectivity index (χ1v) is 40.4. The highest BCUT2D eigenvalue weighted by molar-refractivity contribution is 6.25. The molecule has 0 unspecified atom stereocenters. The predicted molar refractivity (Wildman–Crippen MR) is 511 cm³/mol. The third-order valence-electron chi connectivity index (χ3n) is 22.6. The van der Waals surface area contributed by atoms with Gasteiger partial charge in [0.05, 0.1) is 68.8 Å². The van der Waals surface area contributed by atoms with Crippen molar-refractivity contribution in [3.05, 3.63) is 448 Å². The SMILES string of the molecule is [2H]c1c([2H])c([2H])c2c(c1[2H])c1c([2H])c([2H])c3c4c([2H])c([2H])c([2H])c([2H])c4n(-c4nc(-c5ccccc5)nc(-c5ccc(-c6ccccc6)cc5)n4)c3c1n2-c1cccc(-c2cccc(-c3ccccc3)c2)c1.[2H]c1cc([2H])c2c(c1[2H])c1c([2H])c([2H])c3c4c([2H])c([2H])cc([2H])c4n(-c4nc(-c5ccccc5)nc(-c5ccc(-c6ccccc6)cc5)n4)c3c1n2-c1cccc(-c2cccc(-c3ccccc3)c2)c1. The Hall–Kier alpha value is -16.8. The lowest BCUT2D eigenvalue weighted by Gasteiger charge is -2.14. The maximum Gasteiger partial charge on any atom is 0.238 e. The van der Waals surface area contributed by atoms with Crippen LogP contribution in [0, 0.1) is 0 Å². The molecule has 0 amide bonds. The summed E-state index contributed by atoms with van der Waals surface area (Å²) in [5.41, 5.74) is 16.1. The Morgan fingerprint density at radius 3 is 0.750 bits per heavy atom. The zero-order chi connectivity index (χ0) is 97.6. The van der Waals surface area contributed by atoms with Crippen LogP contribution in [0.3, 0.4) is 0 Å². The van der Waals surface area contributed by atoms with Crippen molar-refractivity contribution in [3.63, 3.8) is 0 Å². The molecule has 124 heavy (non-hydrogen) atoms. The Morgan fingerprint density at radius 1 is 0.161 bits per heavy atom. The zero-order valence-electron chi connectivity index (χ0n) is 83.8. The van der Waals surface area contributed by atoms with Gasteiger partial charge in [-0.1, -0.05) is 388 Å². The molecule has 0 N–H and O–H groups in total. The fraction of sp³-hybridized carbons (Fsp3) is 0. The van der Waals surface area contributed by atoms with Gasteiger partial charge in [0.15, 0.2) is 23.3 Å². The molecule has 0 fully saturated rings. The summed E-state index contributed by atoms with van der Waals surface area (Å²) < 4.78 is 175. The van der Waals surface area contributed by atoms with E-state index in [1.807, 2.05) is 291 Å². The van der Waals surface area contributed by atoms with Crippen LogP contribution in [-0.2, 0) is 0 Å². The second kappa shape index (κ2) is 30.8. The fourth-order valence-corrected chi connectivity index (χ4v) is 16.8. The lowest BCUT2D eigenvalue weighted by atomic mass is 9.99. The van der Waals surface area contributed by atoms with Crippen LogP contribution >= 0.6 is 0 Å². The van der Waals surface area contributed by atoms with Crippen molar-refractivity contribution < 1.29 is 24.7 Å². The summed E-state index contributed by atoms with van der Waals surface area (Å²) in [5.74, 6) is 1.06. The molecule has 10 nitrogen and oxygen atoms in total. The van der Waals surface area contributed by atoms with E-state index in [9.17, 15) is 16.4 Å². The van der Waals surface area contributed by atoms with Crippen LogP contribution in [-0.4, -0.2) is 48.2 Å². The molecule has 0 atom stereocenters. The molecule has 580 valence electrons. The molecule has 10 heteroatoms. The number of rotatable bonds is 14. The first kappa shape index (κ1) is 55.8. The molecular weight excluding hydrogens is 1510 g/mol. The molecule has 6 heterocycles. The summed E-state index contributed by atoms with van der Waals surface area (Å²) in [6.07, 6.45) is 0. The number of hydrogen-bond donors (Lipinski definition) is 0. The van der Waals surface area contributed by atoms with Crippen molar-refractivity contribution >= 4 is 87.2 Å². The summed E-state index contributed by atoms with van der Waals surface area (Å²) in [5, 5.41) is 0.396. The monoisotopic (exact) mass is 1600 g/mol. The molecule has 0 spiro atoms. The summed E-state index contributed by atoms with van der Waals surface area (Å²) in [6.45, 7) is 0. The molecule has 0 aliphatic heterocycles. The van der Waals surface area contributed by atoms with Crippen molar-refractivity contribution in [2.24, 2.45) is 0 Å². The molecule has 0 saturated heterocycles. The number of para-hydroxylation sites is 4. The minimum atomic E-state index is -0.553. The van der Waals surface area contributed by atoms with E-state index >= 15 is 0 Å². The highest BCUT2D eigenvalue weighted by Crippen LogP contribution is 2.46. The van der Waals surface area contributed by atoms with Gasteiger partial charge in [-0.15, -0.1) is 0 Å². The second-order valence-electron chi connectivity index (χ2n) is 29.9. The summed E-state index contributed by atoms with van der Waals surface area (Å²) in [7, 11) is 0. The molecule has 18 aromatic carbocycles. The normalized spacial score (nSPS) is 13.6. The van der Waals surface area contributed by atoms with Gasteiger partial charge in [-0.25, -0.2) is 9.97 Å².